The van der Waals surface area contributed by atoms with Crippen LogP contribution in [0.5, 0.6) is 0 Å². The van der Waals surface area contributed by atoms with Gasteiger partial charge in [-0.05, 0) is 13.3 Å². The highest BCUT2D eigenvalue weighted by atomic mass is 16.7. The van der Waals surface area contributed by atoms with Crippen molar-refractivity contribution in [2.24, 2.45) is 0 Å². The number of carbonyl (C=O) groups excluding carboxylic acids is 1. The fraction of sp³-hybridized carbons (Fsp3) is 0.938. The highest BCUT2D eigenvalue weighted by Gasteiger charge is 2.44. The van der Waals surface area contributed by atoms with Gasteiger partial charge in [0, 0.05) is 13.2 Å². The van der Waals surface area contributed by atoms with E-state index in [9.17, 15) is 20.1 Å². The highest BCUT2D eigenvalue weighted by Crippen LogP contribution is 2.22. The summed E-state index contributed by atoms with van der Waals surface area (Å²) in [5, 5.41) is 32.3. The predicted octanol–water partition coefficient (Wildman–Crippen LogP) is 0.527. The Bertz CT molecular complexity index is 355. The molecule has 0 unspecified atom stereocenters. The highest BCUT2D eigenvalue weighted by molar-refractivity contribution is 5.67. The first-order chi connectivity index (χ1) is 11.5. The summed E-state index contributed by atoms with van der Waals surface area (Å²) in [6, 6.07) is 0. The monoisotopic (exact) mass is 349 g/mol. The van der Waals surface area contributed by atoms with Gasteiger partial charge in [0.05, 0.1) is 0 Å². The minimum absolute atomic E-state index is 0.261. The van der Waals surface area contributed by atoms with E-state index in [1.807, 2.05) is 0 Å². The van der Waals surface area contributed by atoms with Gasteiger partial charge in [-0.3, -0.25) is 0 Å². The molecule has 0 aromatic carbocycles. The summed E-state index contributed by atoms with van der Waals surface area (Å²) >= 11 is 0. The molecule has 1 rings (SSSR count). The average molecular weight is 349 g/mol. The Balaban J connectivity index is 2.25. The smallest absolute Gasteiger partial charge is 0.407 e. The third-order valence-corrected chi connectivity index (χ3v) is 3.95. The van der Waals surface area contributed by atoms with E-state index in [4.69, 9.17) is 14.2 Å². The molecule has 0 spiro atoms. The van der Waals surface area contributed by atoms with Crippen LogP contribution in [0.4, 0.5) is 4.79 Å². The van der Waals surface area contributed by atoms with Crippen molar-refractivity contribution in [3.63, 3.8) is 0 Å². The Morgan fingerprint density at radius 1 is 1.08 bits per heavy atom. The van der Waals surface area contributed by atoms with Gasteiger partial charge in [0.2, 0.25) is 0 Å². The second kappa shape index (κ2) is 11.6. The van der Waals surface area contributed by atoms with Gasteiger partial charge in [-0.2, -0.15) is 0 Å². The summed E-state index contributed by atoms with van der Waals surface area (Å²) < 4.78 is 15.3. The van der Waals surface area contributed by atoms with Crippen LogP contribution in [0.1, 0.15) is 46.0 Å². The Labute approximate surface area is 143 Å². The maximum absolute atomic E-state index is 11.6. The fourth-order valence-corrected chi connectivity index (χ4v) is 2.56. The van der Waals surface area contributed by atoms with Crippen LogP contribution in [0, 0.1) is 0 Å². The fourth-order valence-electron chi connectivity index (χ4n) is 2.56. The lowest BCUT2D eigenvalue weighted by Gasteiger charge is -2.39. The minimum atomic E-state index is -1.39. The number of hydrogen-bond donors (Lipinski definition) is 4. The first-order valence-corrected chi connectivity index (χ1v) is 8.73. The maximum Gasteiger partial charge on any atom is 0.407 e. The molecule has 5 atom stereocenters. The molecule has 0 saturated carbocycles. The standard InChI is InChI=1S/C16H31NO7/c1-3-5-6-7-8-9-17-16(21)23-10-11-12(18)13(19)14(22-4-2)15(20)24-11/h11-15,18-20H,3-10H2,1-2H3,(H,17,21)/t11-,12-,13+,14-,15+/m1/s1. The van der Waals surface area contributed by atoms with E-state index in [1.165, 1.54) is 12.8 Å². The molecule has 0 aliphatic carbocycles. The summed E-state index contributed by atoms with van der Waals surface area (Å²) in [5.41, 5.74) is 0. The van der Waals surface area contributed by atoms with Gasteiger partial charge in [0.15, 0.2) is 6.29 Å². The first-order valence-electron chi connectivity index (χ1n) is 8.73. The molecule has 1 fully saturated rings. The van der Waals surface area contributed by atoms with E-state index >= 15 is 0 Å². The number of aliphatic hydroxyl groups is 3. The molecule has 1 heterocycles. The number of rotatable bonds is 10. The second-order valence-corrected chi connectivity index (χ2v) is 5.91. The van der Waals surface area contributed by atoms with E-state index in [0.717, 1.165) is 19.3 Å². The minimum Gasteiger partial charge on any atom is -0.447 e. The van der Waals surface area contributed by atoms with Crippen LogP contribution in [0.3, 0.4) is 0 Å². The van der Waals surface area contributed by atoms with Gasteiger partial charge in [0.1, 0.15) is 31.0 Å². The molecule has 0 aromatic rings. The number of ether oxygens (including phenoxy) is 3. The molecule has 8 nitrogen and oxygen atoms in total. The first kappa shape index (κ1) is 21.1. The van der Waals surface area contributed by atoms with Crippen LogP contribution < -0.4 is 5.32 Å². The zero-order valence-electron chi connectivity index (χ0n) is 14.5. The van der Waals surface area contributed by atoms with Crippen LogP contribution in [0.15, 0.2) is 0 Å². The number of unbranched alkanes of at least 4 members (excludes halogenated alkanes) is 4. The third kappa shape index (κ3) is 6.90. The van der Waals surface area contributed by atoms with Crippen molar-refractivity contribution in [2.45, 2.75) is 76.7 Å². The maximum atomic E-state index is 11.6. The largest absolute Gasteiger partial charge is 0.447 e. The molecule has 1 saturated heterocycles. The molecule has 1 aliphatic heterocycles. The normalized spacial score (nSPS) is 30.1. The van der Waals surface area contributed by atoms with E-state index in [0.29, 0.717) is 6.54 Å². The third-order valence-electron chi connectivity index (χ3n) is 3.95. The lowest BCUT2D eigenvalue weighted by atomic mass is 9.99. The zero-order chi connectivity index (χ0) is 17.9. The van der Waals surface area contributed by atoms with Crippen molar-refractivity contribution in [2.75, 3.05) is 19.8 Å². The SMILES string of the molecule is CCCCCCCNC(=O)OC[C@H]1O[C@H](O)[C@H](OCC)[C@@H](O)[C@@H]1O. The Hall–Kier alpha value is -0.930. The lowest BCUT2D eigenvalue weighted by molar-refractivity contribution is -0.295. The van der Waals surface area contributed by atoms with Crippen LogP contribution in [0.25, 0.3) is 0 Å². The molecule has 0 radical (unpaired) electrons. The van der Waals surface area contributed by atoms with Gasteiger partial charge in [-0.25, -0.2) is 4.79 Å². The van der Waals surface area contributed by atoms with Crippen LogP contribution in [-0.2, 0) is 14.2 Å². The number of carbonyl (C=O) groups is 1. The van der Waals surface area contributed by atoms with Crippen molar-refractivity contribution in [3.8, 4) is 0 Å². The quantitative estimate of drug-likeness (QED) is 0.425. The number of aliphatic hydroxyl groups excluding tert-OH is 3. The molecule has 24 heavy (non-hydrogen) atoms. The number of hydrogen-bond acceptors (Lipinski definition) is 7. The van der Waals surface area contributed by atoms with Crippen LogP contribution in [0.2, 0.25) is 0 Å². The molecule has 8 heteroatoms. The van der Waals surface area contributed by atoms with Crippen molar-refractivity contribution in [1.29, 1.82) is 0 Å². The number of nitrogens with one attached hydrogen (secondary N) is 1. The summed E-state index contributed by atoms with van der Waals surface area (Å²) in [6.45, 7) is 4.36. The molecule has 0 aromatic heterocycles. The van der Waals surface area contributed by atoms with Gasteiger partial charge >= 0.3 is 6.09 Å². The van der Waals surface area contributed by atoms with Crippen LogP contribution in [-0.4, -0.2) is 71.9 Å². The number of alkyl carbamates (subject to hydrolysis) is 1. The molecule has 1 aliphatic rings. The van der Waals surface area contributed by atoms with Gasteiger partial charge in [-0.1, -0.05) is 32.6 Å². The summed E-state index contributed by atoms with van der Waals surface area (Å²) in [7, 11) is 0. The van der Waals surface area contributed by atoms with Crippen molar-refractivity contribution in [3.05, 3.63) is 0 Å². The molecular weight excluding hydrogens is 318 g/mol. The van der Waals surface area contributed by atoms with Gasteiger partial charge < -0.3 is 34.8 Å². The van der Waals surface area contributed by atoms with Crippen molar-refractivity contribution < 1.29 is 34.3 Å². The van der Waals surface area contributed by atoms with E-state index in [-0.39, 0.29) is 13.2 Å². The summed E-state index contributed by atoms with van der Waals surface area (Å²) in [5.74, 6) is 0. The summed E-state index contributed by atoms with van der Waals surface area (Å²) in [6.07, 6.45) is -1.24. The average Bonchev–Trinajstić information content (AvgIpc) is 2.56. The van der Waals surface area contributed by atoms with E-state index < -0.39 is 36.8 Å². The predicted molar refractivity (Wildman–Crippen MR) is 86.4 cm³/mol. The van der Waals surface area contributed by atoms with E-state index in [1.54, 1.807) is 6.92 Å². The van der Waals surface area contributed by atoms with Gasteiger partial charge in [0.25, 0.3) is 0 Å². The van der Waals surface area contributed by atoms with Crippen LogP contribution >= 0.6 is 0 Å². The molecule has 1 amide bonds. The summed E-state index contributed by atoms with van der Waals surface area (Å²) in [4.78, 5) is 11.6. The van der Waals surface area contributed by atoms with Crippen molar-refractivity contribution >= 4 is 6.09 Å². The lowest BCUT2D eigenvalue weighted by Crippen LogP contribution is -2.59. The van der Waals surface area contributed by atoms with E-state index in [2.05, 4.69) is 12.2 Å². The van der Waals surface area contributed by atoms with Crippen molar-refractivity contribution in [1.82, 2.24) is 5.32 Å². The zero-order valence-corrected chi connectivity index (χ0v) is 14.5. The Kier molecular flexibility index (Phi) is 10.2. The second-order valence-electron chi connectivity index (χ2n) is 5.91. The Morgan fingerprint density at radius 2 is 1.79 bits per heavy atom. The molecular formula is C16H31NO7. The van der Waals surface area contributed by atoms with Gasteiger partial charge in [-0.15, -0.1) is 0 Å². The molecule has 0 bridgehead atoms. The topological polar surface area (TPSA) is 117 Å². The molecule has 142 valence electrons. The Morgan fingerprint density at radius 3 is 2.46 bits per heavy atom. The number of amides is 1. The molecule has 4 N–H and O–H groups in total.